The lowest BCUT2D eigenvalue weighted by atomic mass is 9.96. The largest absolute Gasteiger partial charge is 0.409 e. The predicted molar refractivity (Wildman–Crippen MR) is 62.3 cm³/mol. The van der Waals surface area contributed by atoms with E-state index in [9.17, 15) is 0 Å². The lowest BCUT2D eigenvalue weighted by molar-refractivity contribution is 0.318. The van der Waals surface area contributed by atoms with Crippen molar-refractivity contribution in [1.29, 1.82) is 0 Å². The van der Waals surface area contributed by atoms with Crippen LogP contribution in [0, 0.1) is 13.8 Å². The van der Waals surface area contributed by atoms with Crippen LogP contribution in [0.25, 0.3) is 0 Å². The maximum atomic E-state index is 8.59. The first-order valence-electron chi connectivity index (χ1n) is 4.79. The molecule has 0 unspecified atom stereocenters. The van der Waals surface area contributed by atoms with Gasteiger partial charge in [-0.05, 0) is 49.1 Å². The fourth-order valence-electron chi connectivity index (χ4n) is 1.67. The van der Waals surface area contributed by atoms with Gasteiger partial charge in [-0.2, -0.15) is 0 Å². The molecule has 0 amide bonds. The van der Waals surface area contributed by atoms with Gasteiger partial charge in [0, 0.05) is 5.56 Å². The van der Waals surface area contributed by atoms with Crippen LogP contribution in [0.5, 0.6) is 0 Å². The minimum atomic E-state index is 0.145. The molecule has 0 aliphatic rings. The molecule has 1 rings (SSSR count). The van der Waals surface area contributed by atoms with E-state index in [4.69, 9.17) is 10.9 Å². The number of oxime groups is 1. The molecule has 15 heavy (non-hydrogen) atoms. The Balaban J connectivity index is 3.24. The smallest absolute Gasteiger partial charge is 0.170 e. The molecule has 3 N–H and O–H groups in total. The number of aryl methyl sites for hydroxylation is 2. The first kappa shape index (κ1) is 11.3. The van der Waals surface area contributed by atoms with E-state index in [0.29, 0.717) is 0 Å². The highest BCUT2D eigenvalue weighted by Gasteiger charge is 2.06. The summed E-state index contributed by atoms with van der Waals surface area (Å²) in [6.45, 7) is 7.75. The summed E-state index contributed by atoms with van der Waals surface area (Å²) >= 11 is 0. The van der Waals surface area contributed by atoms with E-state index in [1.165, 1.54) is 5.56 Å². The van der Waals surface area contributed by atoms with Crippen molar-refractivity contribution in [3.8, 4) is 0 Å². The molecule has 0 aliphatic heterocycles. The van der Waals surface area contributed by atoms with Crippen LogP contribution in [0.2, 0.25) is 0 Å². The number of amidine groups is 1. The number of rotatable bonds is 3. The van der Waals surface area contributed by atoms with Gasteiger partial charge in [0.1, 0.15) is 0 Å². The second kappa shape index (κ2) is 4.64. The van der Waals surface area contributed by atoms with Crippen molar-refractivity contribution in [2.75, 3.05) is 0 Å². The third-order valence-electron chi connectivity index (χ3n) is 2.45. The van der Waals surface area contributed by atoms with Crippen LogP contribution < -0.4 is 5.73 Å². The molecule has 1 aromatic rings. The average Bonchev–Trinajstić information content (AvgIpc) is 2.22. The van der Waals surface area contributed by atoms with Gasteiger partial charge in [0.15, 0.2) is 5.84 Å². The molecule has 0 heterocycles. The number of allylic oxidation sites excluding steroid dienone is 1. The minimum absolute atomic E-state index is 0.145. The summed E-state index contributed by atoms with van der Waals surface area (Å²) in [6.07, 6.45) is 2.71. The summed E-state index contributed by atoms with van der Waals surface area (Å²) in [5.74, 6) is 0.145. The highest BCUT2D eigenvalue weighted by molar-refractivity contribution is 5.97. The summed E-state index contributed by atoms with van der Waals surface area (Å²) < 4.78 is 0. The van der Waals surface area contributed by atoms with E-state index in [0.717, 1.165) is 23.1 Å². The summed E-state index contributed by atoms with van der Waals surface area (Å²) in [7, 11) is 0. The van der Waals surface area contributed by atoms with Crippen molar-refractivity contribution in [3.63, 3.8) is 0 Å². The van der Waals surface area contributed by atoms with E-state index in [2.05, 4.69) is 11.7 Å². The number of hydrogen-bond donors (Lipinski definition) is 2. The van der Waals surface area contributed by atoms with E-state index in [1.807, 2.05) is 32.1 Å². The van der Waals surface area contributed by atoms with E-state index >= 15 is 0 Å². The Morgan fingerprint density at radius 2 is 2.00 bits per heavy atom. The van der Waals surface area contributed by atoms with Gasteiger partial charge in [-0.1, -0.05) is 11.2 Å². The summed E-state index contributed by atoms with van der Waals surface area (Å²) in [5.41, 5.74) is 9.81. The molecule has 3 heteroatoms. The molecular weight excluding hydrogens is 188 g/mol. The summed E-state index contributed by atoms with van der Waals surface area (Å²) in [6, 6.07) is 3.84. The van der Waals surface area contributed by atoms with Crippen LogP contribution in [0.4, 0.5) is 0 Å². The molecule has 1 aromatic carbocycles. The normalized spacial score (nSPS) is 11.5. The second-order valence-corrected chi connectivity index (χ2v) is 3.57. The van der Waals surface area contributed by atoms with Gasteiger partial charge in [0.25, 0.3) is 0 Å². The maximum absolute atomic E-state index is 8.59. The van der Waals surface area contributed by atoms with E-state index in [-0.39, 0.29) is 5.84 Å². The Hall–Kier alpha value is -1.77. The molecular formula is C12H16N2O. The molecule has 0 spiro atoms. The topological polar surface area (TPSA) is 58.6 Å². The monoisotopic (exact) mass is 204 g/mol. The SMILES string of the molecule is C=CCc1c(C)cc(/C(N)=N/O)cc1C. The van der Waals surface area contributed by atoms with Gasteiger partial charge in [0.2, 0.25) is 0 Å². The predicted octanol–water partition coefficient (Wildman–Crippen LogP) is 2.13. The zero-order valence-electron chi connectivity index (χ0n) is 9.12. The molecule has 0 radical (unpaired) electrons. The van der Waals surface area contributed by atoms with Crippen LogP contribution >= 0.6 is 0 Å². The second-order valence-electron chi connectivity index (χ2n) is 3.57. The standard InChI is InChI=1S/C12H16N2O/c1-4-5-11-8(2)6-10(7-9(11)3)12(13)14-15/h4,6-7,15H,1,5H2,2-3H3,(H2,13,14). The molecule has 3 nitrogen and oxygen atoms in total. The maximum Gasteiger partial charge on any atom is 0.170 e. The fourth-order valence-corrected chi connectivity index (χ4v) is 1.67. The molecule has 80 valence electrons. The van der Waals surface area contributed by atoms with Crippen LogP contribution in [0.15, 0.2) is 29.9 Å². The number of nitrogens with two attached hydrogens (primary N) is 1. The number of benzene rings is 1. The molecule has 0 aromatic heterocycles. The van der Waals surface area contributed by atoms with Crippen LogP contribution in [0.3, 0.4) is 0 Å². The third-order valence-corrected chi connectivity index (χ3v) is 2.45. The number of nitrogens with zero attached hydrogens (tertiary/aromatic N) is 1. The average molecular weight is 204 g/mol. The fraction of sp³-hybridized carbons (Fsp3) is 0.250. The van der Waals surface area contributed by atoms with E-state index in [1.54, 1.807) is 0 Å². The van der Waals surface area contributed by atoms with Gasteiger partial charge >= 0.3 is 0 Å². The van der Waals surface area contributed by atoms with Gasteiger partial charge < -0.3 is 10.9 Å². The first-order valence-corrected chi connectivity index (χ1v) is 4.79. The minimum Gasteiger partial charge on any atom is -0.409 e. The van der Waals surface area contributed by atoms with Crippen molar-refractivity contribution in [1.82, 2.24) is 0 Å². The van der Waals surface area contributed by atoms with Crippen molar-refractivity contribution >= 4 is 5.84 Å². The zero-order chi connectivity index (χ0) is 11.4. The summed E-state index contributed by atoms with van der Waals surface area (Å²) in [5, 5.41) is 11.6. The van der Waals surface area contributed by atoms with Crippen LogP contribution in [0.1, 0.15) is 22.3 Å². The Kier molecular flexibility index (Phi) is 3.50. The quantitative estimate of drug-likeness (QED) is 0.260. The Morgan fingerprint density at radius 1 is 1.47 bits per heavy atom. The molecule has 0 saturated heterocycles. The van der Waals surface area contributed by atoms with Crippen LogP contribution in [-0.2, 0) is 6.42 Å². The molecule has 0 fully saturated rings. The zero-order valence-corrected chi connectivity index (χ0v) is 9.12. The molecule has 0 saturated carbocycles. The van der Waals surface area contributed by atoms with E-state index < -0.39 is 0 Å². The van der Waals surface area contributed by atoms with Gasteiger partial charge in [-0.15, -0.1) is 6.58 Å². The highest BCUT2D eigenvalue weighted by atomic mass is 16.4. The summed E-state index contributed by atoms with van der Waals surface area (Å²) in [4.78, 5) is 0. The number of hydrogen-bond acceptors (Lipinski definition) is 2. The van der Waals surface area contributed by atoms with Crippen LogP contribution in [-0.4, -0.2) is 11.0 Å². The Bertz CT molecular complexity index is 385. The van der Waals surface area contributed by atoms with Crippen molar-refractivity contribution < 1.29 is 5.21 Å². The van der Waals surface area contributed by atoms with Crippen molar-refractivity contribution in [2.24, 2.45) is 10.9 Å². The Morgan fingerprint density at radius 3 is 2.40 bits per heavy atom. The van der Waals surface area contributed by atoms with Gasteiger partial charge in [-0.3, -0.25) is 0 Å². The molecule has 0 atom stereocenters. The van der Waals surface area contributed by atoms with Gasteiger partial charge in [-0.25, -0.2) is 0 Å². The lowest BCUT2D eigenvalue weighted by Crippen LogP contribution is -2.14. The van der Waals surface area contributed by atoms with Gasteiger partial charge in [0.05, 0.1) is 0 Å². The lowest BCUT2D eigenvalue weighted by Gasteiger charge is -2.10. The third kappa shape index (κ3) is 2.37. The van der Waals surface area contributed by atoms with Crippen molar-refractivity contribution in [2.45, 2.75) is 20.3 Å². The molecule has 0 aliphatic carbocycles. The highest BCUT2D eigenvalue weighted by Crippen LogP contribution is 2.17. The molecule has 0 bridgehead atoms. The Labute approximate surface area is 89.9 Å². The first-order chi connectivity index (χ1) is 7.10. The van der Waals surface area contributed by atoms with Crippen molar-refractivity contribution in [3.05, 3.63) is 47.0 Å².